The molecule has 0 aliphatic carbocycles. The van der Waals surface area contributed by atoms with Gasteiger partial charge in [0.25, 0.3) is 11.6 Å². The SMILES string of the molecule is CCOC(=O)c1ccc(NC(=O)COC(=O)CCC(=O)Nc2cccc([N+](=O)[O-])c2)cc1. The van der Waals surface area contributed by atoms with Crippen molar-refractivity contribution in [3.05, 3.63) is 64.2 Å². The first-order valence-corrected chi connectivity index (χ1v) is 9.55. The van der Waals surface area contributed by atoms with Crippen molar-refractivity contribution in [3.8, 4) is 0 Å². The van der Waals surface area contributed by atoms with Gasteiger partial charge in [-0.3, -0.25) is 24.5 Å². The highest BCUT2D eigenvalue weighted by molar-refractivity contribution is 5.95. The van der Waals surface area contributed by atoms with Crippen LogP contribution in [0.1, 0.15) is 30.1 Å². The van der Waals surface area contributed by atoms with Crippen LogP contribution in [0.2, 0.25) is 0 Å². The molecule has 0 unspecified atom stereocenters. The van der Waals surface area contributed by atoms with E-state index < -0.39 is 35.3 Å². The highest BCUT2D eigenvalue weighted by atomic mass is 16.6. The van der Waals surface area contributed by atoms with Crippen LogP contribution in [-0.4, -0.2) is 41.9 Å². The highest BCUT2D eigenvalue weighted by Crippen LogP contribution is 2.17. The van der Waals surface area contributed by atoms with Crippen LogP contribution in [0.4, 0.5) is 17.1 Å². The lowest BCUT2D eigenvalue weighted by molar-refractivity contribution is -0.384. The number of non-ortho nitro benzene ring substituents is 1. The standard InChI is InChI=1S/C21H21N3O8/c1-2-31-21(28)14-6-8-15(9-7-14)22-19(26)13-32-20(27)11-10-18(25)23-16-4-3-5-17(12-16)24(29)30/h3-9,12H,2,10-11,13H2,1H3,(H,22,26)(H,23,25). The molecule has 0 aliphatic rings. The molecule has 0 bridgehead atoms. The van der Waals surface area contributed by atoms with E-state index in [1.54, 1.807) is 6.92 Å². The molecule has 168 valence electrons. The molecule has 0 saturated heterocycles. The number of esters is 2. The number of amides is 2. The summed E-state index contributed by atoms with van der Waals surface area (Å²) in [6.07, 6.45) is -0.499. The van der Waals surface area contributed by atoms with Gasteiger partial charge in [0.2, 0.25) is 5.91 Å². The molecule has 11 heteroatoms. The molecule has 32 heavy (non-hydrogen) atoms. The molecule has 0 heterocycles. The maximum Gasteiger partial charge on any atom is 0.338 e. The van der Waals surface area contributed by atoms with E-state index in [4.69, 9.17) is 9.47 Å². The van der Waals surface area contributed by atoms with E-state index in [0.29, 0.717) is 11.3 Å². The van der Waals surface area contributed by atoms with Gasteiger partial charge in [-0.2, -0.15) is 0 Å². The quantitative estimate of drug-likeness (QED) is 0.323. The molecule has 2 aromatic carbocycles. The smallest absolute Gasteiger partial charge is 0.338 e. The lowest BCUT2D eigenvalue weighted by Gasteiger charge is -2.08. The Balaban J connectivity index is 1.71. The molecule has 11 nitrogen and oxygen atoms in total. The first-order chi connectivity index (χ1) is 15.3. The lowest BCUT2D eigenvalue weighted by atomic mass is 10.2. The summed E-state index contributed by atoms with van der Waals surface area (Å²) in [7, 11) is 0. The average molecular weight is 443 g/mol. The Morgan fingerprint density at radius 1 is 0.906 bits per heavy atom. The summed E-state index contributed by atoms with van der Waals surface area (Å²) in [5.41, 5.74) is 0.782. The van der Waals surface area contributed by atoms with Crippen molar-refractivity contribution in [1.29, 1.82) is 0 Å². The van der Waals surface area contributed by atoms with Crippen LogP contribution in [-0.2, 0) is 23.9 Å². The van der Waals surface area contributed by atoms with E-state index in [-0.39, 0.29) is 30.8 Å². The van der Waals surface area contributed by atoms with Gasteiger partial charge in [-0.05, 0) is 37.3 Å². The van der Waals surface area contributed by atoms with E-state index in [9.17, 15) is 29.3 Å². The molecule has 2 aromatic rings. The fraction of sp³-hybridized carbons (Fsp3) is 0.238. The van der Waals surface area contributed by atoms with Gasteiger partial charge < -0.3 is 20.1 Å². The zero-order chi connectivity index (χ0) is 23.5. The number of benzene rings is 2. The molecule has 0 radical (unpaired) electrons. The Hall–Kier alpha value is -4.28. The molecule has 2 amide bonds. The zero-order valence-electron chi connectivity index (χ0n) is 17.2. The van der Waals surface area contributed by atoms with E-state index >= 15 is 0 Å². The number of carbonyl (C=O) groups is 4. The van der Waals surface area contributed by atoms with Gasteiger partial charge in [0.15, 0.2) is 6.61 Å². The van der Waals surface area contributed by atoms with Crippen molar-refractivity contribution in [2.24, 2.45) is 0 Å². The van der Waals surface area contributed by atoms with Crippen molar-refractivity contribution in [3.63, 3.8) is 0 Å². The molecule has 2 rings (SSSR count). The van der Waals surface area contributed by atoms with Crippen molar-refractivity contribution in [1.82, 2.24) is 0 Å². The summed E-state index contributed by atoms with van der Waals surface area (Å²) in [5, 5.41) is 15.7. The van der Waals surface area contributed by atoms with Crippen LogP contribution in [0.5, 0.6) is 0 Å². The minimum absolute atomic E-state index is 0.177. The van der Waals surface area contributed by atoms with Crippen LogP contribution >= 0.6 is 0 Å². The molecule has 2 N–H and O–H groups in total. The van der Waals surface area contributed by atoms with Gasteiger partial charge in [-0.15, -0.1) is 0 Å². The summed E-state index contributed by atoms with van der Waals surface area (Å²) in [4.78, 5) is 57.3. The summed E-state index contributed by atoms with van der Waals surface area (Å²) >= 11 is 0. The molecule has 0 aliphatic heterocycles. The molecule has 0 fully saturated rings. The van der Waals surface area contributed by atoms with Crippen molar-refractivity contribution < 1.29 is 33.6 Å². The van der Waals surface area contributed by atoms with Gasteiger partial charge >= 0.3 is 11.9 Å². The van der Waals surface area contributed by atoms with Crippen LogP contribution < -0.4 is 10.6 Å². The topological polar surface area (TPSA) is 154 Å². The van der Waals surface area contributed by atoms with Crippen molar-refractivity contribution >= 4 is 40.8 Å². The van der Waals surface area contributed by atoms with Gasteiger partial charge in [-0.25, -0.2) is 4.79 Å². The van der Waals surface area contributed by atoms with E-state index in [0.717, 1.165) is 0 Å². The summed E-state index contributed by atoms with van der Waals surface area (Å²) < 4.78 is 9.69. The molecular formula is C21H21N3O8. The number of hydrogen-bond donors (Lipinski definition) is 2. The predicted octanol–water partition coefficient (Wildman–Crippen LogP) is 2.67. The molecule has 0 spiro atoms. The fourth-order valence-corrected chi connectivity index (χ4v) is 2.46. The van der Waals surface area contributed by atoms with Crippen molar-refractivity contribution in [2.45, 2.75) is 19.8 Å². The van der Waals surface area contributed by atoms with Gasteiger partial charge in [-0.1, -0.05) is 6.07 Å². The number of nitrogens with zero attached hydrogens (tertiary/aromatic N) is 1. The minimum atomic E-state index is -0.757. The Morgan fingerprint density at radius 3 is 2.25 bits per heavy atom. The second-order valence-electron chi connectivity index (χ2n) is 6.36. The van der Waals surface area contributed by atoms with Gasteiger partial charge in [0.1, 0.15) is 0 Å². The summed E-state index contributed by atoms with van der Waals surface area (Å²) in [5.74, 6) is -2.36. The van der Waals surface area contributed by atoms with Gasteiger partial charge in [0.05, 0.1) is 23.5 Å². The minimum Gasteiger partial charge on any atom is -0.462 e. The number of nitrogens with one attached hydrogen (secondary N) is 2. The number of hydrogen-bond acceptors (Lipinski definition) is 8. The first-order valence-electron chi connectivity index (χ1n) is 9.55. The van der Waals surface area contributed by atoms with Crippen LogP contribution in [0, 0.1) is 10.1 Å². The maximum atomic E-state index is 11.9. The number of nitro groups is 1. The van der Waals surface area contributed by atoms with E-state index in [1.165, 1.54) is 48.5 Å². The number of carbonyl (C=O) groups excluding carboxylic acids is 4. The molecule has 0 aromatic heterocycles. The average Bonchev–Trinajstić information content (AvgIpc) is 2.77. The Kier molecular flexibility index (Phi) is 8.84. The van der Waals surface area contributed by atoms with Crippen molar-refractivity contribution in [2.75, 3.05) is 23.8 Å². The van der Waals surface area contributed by atoms with E-state index in [1.807, 2.05) is 0 Å². The third-order valence-corrected chi connectivity index (χ3v) is 3.94. The fourth-order valence-electron chi connectivity index (χ4n) is 2.46. The monoisotopic (exact) mass is 443 g/mol. The number of nitro benzene ring substituents is 1. The molecule has 0 atom stereocenters. The summed E-state index contributed by atoms with van der Waals surface area (Å²) in [6.45, 7) is 1.39. The van der Waals surface area contributed by atoms with Gasteiger partial charge in [0, 0.05) is 29.9 Å². The molecular weight excluding hydrogens is 422 g/mol. The Bertz CT molecular complexity index is 1000. The third-order valence-electron chi connectivity index (χ3n) is 3.94. The second kappa shape index (κ2) is 11.8. The maximum absolute atomic E-state index is 11.9. The van der Waals surface area contributed by atoms with Crippen LogP contribution in [0.15, 0.2) is 48.5 Å². The predicted molar refractivity (Wildman–Crippen MR) is 113 cm³/mol. The first kappa shape index (κ1) is 24.0. The lowest BCUT2D eigenvalue weighted by Crippen LogP contribution is -2.21. The highest BCUT2D eigenvalue weighted by Gasteiger charge is 2.13. The second-order valence-corrected chi connectivity index (χ2v) is 6.36. The summed E-state index contributed by atoms with van der Waals surface area (Å²) in [6, 6.07) is 11.4. The number of rotatable bonds is 10. The molecule has 0 saturated carbocycles. The Morgan fingerprint density at radius 2 is 1.59 bits per heavy atom. The zero-order valence-corrected chi connectivity index (χ0v) is 17.2. The Labute approximate surface area is 182 Å². The third kappa shape index (κ3) is 7.86. The van der Waals surface area contributed by atoms with Crippen LogP contribution in [0.25, 0.3) is 0 Å². The van der Waals surface area contributed by atoms with E-state index in [2.05, 4.69) is 10.6 Å². The number of anilines is 2. The van der Waals surface area contributed by atoms with Crippen LogP contribution in [0.3, 0.4) is 0 Å². The normalized spacial score (nSPS) is 10.0. The number of ether oxygens (including phenoxy) is 2. The largest absolute Gasteiger partial charge is 0.462 e.